The van der Waals surface area contributed by atoms with Crippen LogP contribution in [0.25, 0.3) is 11.0 Å². The Morgan fingerprint density at radius 1 is 1.16 bits per heavy atom. The summed E-state index contributed by atoms with van der Waals surface area (Å²) in [4.78, 5) is 52.2. The molecule has 0 unspecified atom stereocenters. The fraction of sp³-hybridized carbons (Fsp3) is 0.500. The van der Waals surface area contributed by atoms with Crippen molar-refractivity contribution >= 4 is 34.4 Å². The Morgan fingerprint density at radius 3 is 2.69 bits per heavy atom. The second-order valence-electron chi connectivity index (χ2n) is 9.21. The normalized spacial score (nSPS) is 22.6. The van der Waals surface area contributed by atoms with Gasteiger partial charge in [0.25, 0.3) is 5.91 Å². The number of hydrogen-bond acceptors (Lipinski definition) is 6. The molecular weight excluding hydrogens is 410 g/mol. The molecule has 0 spiro atoms. The van der Waals surface area contributed by atoms with Crippen molar-refractivity contribution in [3.05, 3.63) is 36.1 Å². The molecule has 3 atom stereocenters. The molecule has 3 heterocycles. The monoisotopic (exact) mass is 439 g/mol. The van der Waals surface area contributed by atoms with Gasteiger partial charge in [-0.05, 0) is 37.3 Å². The first kappa shape index (κ1) is 22.2. The Balaban J connectivity index is 1.43. The lowest BCUT2D eigenvalue weighted by Gasteiger charge is -2.23. The average Bonchev–Trinajstić information content (AvgIpc) is 3.29. The summed E-state index contributed by atoms with van der Waals surface area (Å²) >= 11 is 0. The molecule has 0 saturated carbocycles. The Kier molecular flexibility index (Phi) is 6.41. The predicted molar refractivity (Wildman–Crippen MR) is 118 cm³/mol. The molecule has 2 aromatic rings. The number of benzene rings is 1. The molecule has 2 saturated heterocycles. The molecule has 2 aliphatic heterocycles. The largest absolute Gasteiger partial charge is 0.451 e. The van der Waals surface area contributed by atoms with E-state index in [1.54, 1.807) is 12.1 Å². The van der Waals surface area contributed by atoms with Gasteiger partial charge in [-0.3, -0.25) is 24.1 Å². The number of carbonyl (C=O) groups excluding carboxylic acids is 4. The minimum atomic E-state index is -0.784. The van der Waals surface area contributed by atoms with Gasteiger partial charge < -0.3 is 15.1 Å². The lowest BCUT2D eigenvalue weighted by molar-refractivity contribution is -0.129. The van der Waals surface area contributed by atoms with Crippen LogP contribution in [0.4, 0.5) is 0 Å². The zero-order valence-electron chi connectivity index (χ0n) is 18.4. The van der Waals surface area contributed by atoms with Crippen molar-refractivity contribution in [1.29, 1.82) is 0 Å². The second kappa shape index (κ2) is 9.24. The average molecular weight is 440 g/mol. The summed E-state index contributed by atoms with van der Waals surface area (Å²) in [5.41, 5.74) is 0.602. The van der Waals surface area contributed by atoms with E-state index in [-0.39, 0.29) is 41.7 Å². The summed E-state index contributed by atoms with van der Waals surface area (Å²) in [5, 5.41) is 6.44. The maximum absolute atomic E-state index is 13.1. The molecule has 2 fully saturated rings. The van der Waals surface area contributed by atoms with E-state index in [1.807, 2.05) is 36.9 Å². The maximum Gasteiger partial charge on any atom is 0.287 e. The topological polar surface area (TPSA) is 109 Å². The Morgan fingerprint density at radius 2 is 1.94 bits per heavy atom. The third-order valence-electron chi connectivity index (χ3n) is 6.19. The highest BCUT2D eigenvalue weighted by molar-refractivity contribution is 5.99. The zero-order valence-corrected chi connectivity index (χ0v) is 18.4. The molecule has 170 valence electrons. The summed E-state index contributed by atoms with van der Waals surface area (Å²) in [6.45, 7) is 4.41. The first-order valence-electron chi connectivity index (χ1n) is 11.2. The van der Waals surface area contributed by atoms with Gasteiger partial charge in [0.05, 0.1) is 19.1 Å². The highest BCUT2D eigenvalue weighted by Crippen LogP contribution is 2.24. The van der Waals surface area contributed by atoms with Crippen LogP contribution in [0, 0.1) is 5.92 Å². The van der Waals surface area contributed by atoms with Crippen molar-refractivity contribution in [3.63, 3.8) is 0 Å². The van der Waals surface area contributed by atoms with E-state index in [4.69, 9.17) is 4.42 Å². The number of carbonyl (C=O) groups is 4. The van der Waals surface area contributed by atoms with Crippen LogP contribution in [0.5, 0.6) is 0 Å². The van der Waals surface area contributed by atoms with Gasteiger partial charge in [-0.1, -0.05) is 32.0 Å². The van der Waals surface area contributed by atoms with Crippen LogP contribution in [-0.2, 0) is 14.4 Å². The van der Waals surface area contributed by atoms with E-state index in [1.165, 1.54) is 0 Å². The van der Waals surface area contributed by atoms with Crippen LogP contribution >= 0.6 is 0 Å². The first-order valence-corrected chi connectivity index (χ1v) is 11.2. The first-order chi connectivity index (χ1) is 15.3. The summed E-state index contributed by atoms with van der Waals surface area (Å²) in [6.07, 6.45) is 2.08. The van der Waals surface area contributed by atoms with E-state index in [9.17, 15) is 19.2 Å². The summed E-state index contributed by atoms with van der Waals surface area (Å²) in [7, 11) is 0. The van der Waals surface area contributed by atoms with E-state index in [0.717, 1.165) is 5.39 Å². The number of fused-ring (bicyclic) bond motifs is 2. The SMILES string of the molecule is CC(C)C[C@H](NC(=O)c1cc2ccccc2o1)C(=O)N[C@H]1CC[C@@H]2CC(=O)CN2CC1=O. The third-order valence-corrected chi connectivity index (χ3v) is 6.19. The number of nitrogens with zero attached hydrogens (tertiary/aromatic N) is 1. The maximum atomic E-state index is 13.1. The molecule has 0 aliphatic carbocycles. The molecule has 4 rings (SSSR count). The molecule has 2 amide bonds. The second-order valence-corrected chi connectivity index (χ2v) is 9.21. The molecular formula is C24H29N3O5. The molecule has 1 aromatic heterocycles. The molecule has 8 heteroatoms. The van der Waals surface area contributed by atoms with Crippen molar-refractivity contribution in [1.82, 2.24) is 15.5 Å². The molecule has 0 radical (unpaired) electrons. The van der Waals surface area contributed by atoms with E-state index in [2.05, 4.69) is 10.6 Å². The minimum absolute atomic E-state index is 0.0765. The van der Waals surface area contributed by atoms with Crippen LogP contribution in [0.1, 0.15) is 50.1 Å². The number of hydrogen-bond donors (Lipinski definition) is 2. The van der Waals surface area contributed by atoms with Gasteiger partial charge in [-0.2, -0.15) is 0 Å². The lowest BCUT2D eigenvalue weighted by atomic mass is 10.0. The zero-order chi connectivity index (χ0) is 22.8. The van der Waals surface area contributed by atoms with Crippen LogP contribution in [0.2, 0.25) is 0 Å². The Hall–Kier alpha value is -3.00. The number of amides is 2. The number of ketones is 2. The minimum Gasteiger partial charge on any atom is -0.451 e. The van der Waals surface area contributed by atoms with E-state index in [0.29, 0.717) is 37.8 Å². The highest BCUT2D eigenvalue weighted by Gasteiger charge is 2.38. The fourth-order valence-electron chi connectivity index (χ4n) is 4.56. The summed E-state index contributed by atoms with van der Waals surface area (Å²) in [5.74, 6) is -0.474. The highest BCUT2D eigenvalue weighted by atomic mass is 16.3. The molecule has 8 nitrogen and oxygen atoms in total. The summed E-state index contributed by atoms with van der Waals surface area (Å²) < 4.78 is 5.62. The molecule has 2 aliphatic rings. The van der Waals surface area contributed by atoms with Crippen molar-refractivity contribution < 1.29 is 23.6 Å². The van der Waals surface area contributed by atoms with Gasteiger partial charge in [0, 0.05) is 17.8 Å². The summed E-state index contributed by atoms with van der Waals surface area (Å²) in [6, 6.07) is 7.65. The predicted octanol–water partition coefficient (Wildman–Crippen LogP) is 2.07. The fourth-order valence-corrected chi connectivity index (χ4v) is 4.56. The quantitative estimate of drug-likeness (QED) is 0.713. The standard InChI is InChI=1S/C24H29N3O5/c1-14(2)9-19(26-24(31)22-10-15-5-3-4-6-21(15)32-22)23(30)25-18-8-7-16-11-17(28)12-27(16)13-20(18)29/h3-6,10,14,16,18-19H,7-9,11-13H2,1-2H3,(H,25,30)(H,26,31)/t16-,18+,19+/m1/s1. The van der Waals surface area contributed by atoms with Gasteiger partial charge >= 0.3 is 0 Å². The number of nitrogens with one attached hydrogen (secondary N) is 2. The van der Waals surface area contributed by atoms with E-state index >= 15 is 0 Å². The number of para-hydroxylation sites is 1. The molecule has 0 bridgehead atoms. The molecule has 2 N–H and O–H groups in total. The van der Waals surface area contributed by atoms with Gasteiger partial charge in [0.1, 0.15) is 17.4 Å². The Labute approximate surface area is 186 Å². The molecule has 32 heavy (non-hydrogen) atoms. The van der Waals surface area contributed by atoms with Crippen LogP contribution in [0.3, 0.4) is 0 Å². The smallest absolute Gasteiger partial charge is 0.287 e. The number of furan rings is 1. The van der Waals surface area contributed by atoms with Gasteiger partial charge in [0.2, 0.25) is 5.91 Å². The van der Waals surface area contributed by atoms with Crippen molar-refractivity contribution in [2.45, 2.75) is 57.7 Å². The van der Waals surface area contributed by atoms with Crippen LogP contribution in [-0.4, -0.2) is 59.5 Å². The van der Waals surface area contributed by atoms with Gasteiger partial charge in [-0.15, -0.1) is 0 Å². The van der Waals surface area contributed by atoms with Crippen molar-refractivity contribution in [3.8, 4) is 0 Å². The van der Waals surface area contributed by atoms with Crippen molar-refractivity contribution in [2.75, 3.05) is 13.1 Å². The van der Waals surface area contributed by atoms with Crippen molar-refractivity contribution in [2.24, 2.45) is 5.92 Å². The Bertz CT molecular complexity index is 1010. The number of Topliss-reactive ketones (excluding diaryl/α,β-unsaturated/α-hetero) is 2. The third kappa shape index (κ3) is 4.91. The molecule has 1 aromatic carbocycles. The van der Waals surface area contributed by atoms with Crippen LogP contribution < -0.4 is 10.6 Å². The van der Waals surface area contributed by atoms with Gasteiger partial charge in [0.15, 0.2) is 11.5 Å². The van der Waals surface area contributed by atoms with Crippen LogP contribution in [0.15, 0.2) is 34.7 Å². The lowest BCUT2D eigenvalue weighted by Crippen LogP contribution is -2.52. The van der Waals surface area contributed by atoms with E-state index < -0.39 is 18.0 Å². The number of rotatable bonds is 6. The van der Waals surface area contributed by atoms with Gasteiger partial charge in [-0.25, -0.2) is 0 Å².